The summed E-state index contributed by atoms with van der Waals surface area (Å²) in [4.78, 5) is 0. The first-order valence-corrected chi connectivity index (χ1v) is 5.82. The highest BCUT2D eigenvalue weighted by Gasteiger charge is 2.14. The van der Waals surface area contributed by atoms with Gasteiger partial charge in [0.05, 0.1) is 5.56 Å². The van der Waals surface area contributed by atoms with Crippen molar-refractivity contribution in [1.29, 1.82) is 0 Å². The predicted octanol–water partition coefficient (Wildman–Crippen LogP) is 3.53. The summed E-state index contributed by atoms with van der Waals surface area (Å²) in [6.45, 7) is 1.75. The van der Waals surface area contributed by atoms with Gasteiger partial charge in [-0.15, -0.1) is 0 Å². The summed E-state index contributed by atoms with van der Waals surface area (Å²) in [6, 6.07) is 13.5. The van der Waals surface area contributed by atoms with Crippen LogP contribution in [0.4, 0.5) is 5.69 Å². The van der Waals surface area contributed by atoms with Crippen LogP contribution < -0.4 is 0 Å². The highest BCUT2D eigenvalue weighted by atomic mass is 35.5. The minimum atomic E-state index is 0.101. The van der Waals surface area contributed by atoms with Crippen LogP contribution >= 0.6 is 11.6 Å². The zero-order chi connectivity index (χ0) is 13.1. The van der Waals surface area contributed by atoms with Crippen molar-refractivity contribution < 1.29 is 9.85 Å². The minimum Gasteiger partial charge on any atom is -0.617 e. The molecule has 0 spiro atoms. The molecule has 0 aliphatic carbocycles. The molecule has 0 aromatic heterocycles. The topological polar surface area (TPSA) is 46.3 Å². The fraction of sp³-hybridized carbons (Fsp3) is 0.0714. The second-order valence-electron chi connectivity index (χ2n) is 3.92. The average molecular weight is 262 g/mol. The Morgan fingerprint density at radius 1 is 1.17 bits per heavy atom. The molecule has 0 saturated carbocycles. The molecule has 92 valence electrons. The van der Waals surface area contributed by atoms with Gasteiger partial charge in [-0.3, -0.25) is 0 Å². The van der Waals surface area contributed by atoms with Gasteiger partial charge in [-0.2, -0.15) is 4.74 Å². The van der Waals surface area contributed by atoms with Crippen LogP contribution in [0.5, 0.6) is 5.75 Å². The van der Waals surface area contributed by atoms with Crippen molar-refractivity contribution >= 4 is 22.5 Å². The Morgan fingerprint density at radius 2 is 1.83 bits per heavy atom. The maximum Gasteiger partial charge on any atom is 0.294 e. The lowest BCUT2D eigenvalue weighted by Crippen LogP contribution is -2.07. The number of nitrogens with zero attached hydrogens (tertiary/aromatic N) is 1. The third-order valence-corrected chi connectivity index (χ3v) is 2.96. The number of aryl methyl sites for hydroxylation is 1. The Kier molecular flexibility index (Phi) is 3.53. The predicted molar refractivity (Wildman–Crippen MR) is 72.5 cm³/mol. The number of phenolic OH excluding ortho intramolecular Hbond substituents is 1. The normalized spacial score (nSPS) is 12.1. The molecular formula is C14H12ClNO2. The van der Waals surface area contributed by atoms with Crippen molar-refractivity contribution in [3.63, 3.8) is 0 Å². The van der Waals surface area contributed by atoms with Gasteiger partial charge in [-0.25, -0.2) is 0 Å². The molecule has 0 bridgehead atoms. The molecule has 18 heavy (non-hydrogen) atoms. The summed E-state index contributed by atoms with van der Waals surface area (Å²) in [6.07, 6.45) is 0. The minimum absolute atomic E-state index is 0.101. The van der Waals surface area contributed by atoms with Crippen LogP contribution in [-0.2, 0) is 0 Å². The van der Waals surface area contributed by atoms with Gasteiger partial charge >= 0.3 is 0 Å². The van der Waals surface area contributed by atoms with E-state index in [-0.39, 0.29) is 10.9 Å². The highest BCUT2D eigenvalue weighted by Crippen LogP contribution is 2.23. The molecule has 1 N–H and O–H groups in total. The fourth-order valence-corrected chi connectivity index (χ4v) is 1.88. The average Bonchev–Trinajstić information content (AvgIpc) is 2.38. The maximum absolute atomic E-state index is 12.1. The summed E-state index contributed by atoms with van der Waals surface area (Å²) in [5.41, 5.74) is 1.74. The number of benzene rings is 2. The van der Waals surface area contributed by atoms with Crippen molar-refractivity contribution in [2.75, 3.05) is 0 Å². The van der Waals surface area contributed by atoms with E-state index in [0.29, 0.717) is 21.6 Å². The molecule has 0 heterocycles. The van der Waals surface area contributed by atoms with Gasteiger partial charge in [0.25, 0.3) is 5.17 Å². The molecule has 0 fully saturated rings. The molecule has 0 radical (unpaired) electrons. The number of hydrogen-bond acceptors (Lipinski definition) is 2. The van der Waals surface area contributed by atoms with Crippen LogP contribution in [-0.4, -0.2) is 15.0 Å². The van der Waals surface area contributed by atoms with Crippen molar-refractivity contribution in [1.82, 2.24) is 0 Å². The van der Waals surface area contributed by atoms with Gasteiger partial charge < -0.3 is 10.3 Å². The summed E-state index contributed by atoms with van der Waals surface area (Å²) < 4.78 is 0.658. The molecule has 2 aromatic carbocycles. The molecule has 0 aliphatic heterocycles. The molecule has 3 nitrogen and oxygen atoms in total. The Bertz CT molecular complexity index is 594. The quantitative estimate of drug-likeness (QED) is 0.389. The van der Waals surface area contributed by atoms with E-state index in [2.05, 4.69) is 0 Å². The van der Waals surface area contributed by atoms with E-state index >= 15 is 0 Å². The third kappa shape index (κ3) is 2.46. The standard InChI is InChI=1S/C14H12ClNO2/c1-10-9-12(17)7-8-13(10)16(18)14(15)11-5-3-2-4-6-11/h2-9,17H,1H3. The third-order valence-electron chi connectivity index (χ3n) is 2.59. The Hall–Kier alpha value is -2.00. The van der Waals surface area contributed by atoms with Crippen LogP contribution in [0.2, 0.25) is 0 Å². The first kappa shape index (κ1) is 12.5. The monoisotopic (exact) mass is 261 g/mol. The number of aromatic hydroxyl groups is 1. The van der Waals surface area contributed by atoms with E-state index in [1.54, 1.807) is 25.1 Å². The highest BCUT2D eigenvalue weighted by molar-refractivity contribution is 6.68. The van der Waals surface area contributed by atoms with Crippen molar-refractivity contribution in [2.45, 2.75) is 6.92 Å². The van der Waals surface area contributed by atoms with E-state index in [0.717, 1.165) is 0 Å². The maximum atomic E-state index is 12.1. The van der Waals surface area contributed by atoms with Gasteiger partial charge in [-0.05, 0) is 42.8 Å². The number of phenols is 1. The lowest BCUT2D eigenvalue weighted by molar-refractivity contribution is -0.357. The second kappa shape index (κ2) is 5.10. The molecule has 0 aliphatic rings. The summed E-state index contributed by atoms with van der Waals surface area (Å²) in [5, 5.41) is 21.6. The molecule has 0 atom stereocenters. The van der Waals surface area contributed by atoms with Gasteiger partial charge in [0, 0.05) is 11.6 Å². The zero-order valence-electron chi connectivity index (χ0n) is 9.80. The lowest BCUT2D eigenvalue weighted by atomic mass is 10.2. The van der Waals surface area contributed by atoms with Gasteiger partial charge in [0.15, 0.2) is 0 Å². The lowest BCUT2D eigenvalue weighted by Gasteiger charge is -2.08. The van der Waals surface area contributed by atoms with E-state index < -0.39 is 0 Å². The number of halogens is 1. The van der Waals surface area contributed by atoms with E-state index in [1.807, 2.05) is 18.2 Å². The first-order chi connectivity index (χ1) is 8.59. The molecule has 2 aromatic rings. The van der Waals surface area contributed by atoms with Crippen LogP contribution in [0.15, 0.2) is 48.5 Å². The Labute approximate surface area is 110 Å². The van der Waals surface area contributed by atoms with Gasteiger partial charge in [-0.1, -0.05) is 18.2 Å². The molecular weight excluding hydrogens is 250 g/mol. The summed E-state index contributed by atoms with van der Waals surface area (Å²) >= 11 is 6.07. The van der Waals surface area contributed by atoms with Gasteiger partial charge in [0.1, 0.15) is 5.75 Å². The van der Waals surface area contributed by atoms with Crippen LogP contribution in [0.1, 0.15) is 11.1 Å². The molecule has 2 rings (SSSR count). The molecule has 0 unspecified atom stereocenters. The van der Waals surface area contributed by atoms with Gasteiger partial charge in [0.2, 0.25) is 5.69 Å². The smallest absolute Gasteiger partial charge is 0.294 e. The Balaban J connectivity index is 2.50. The number of rotatable bonds is 2. The van der Waals surface area contributed by atoms with Crippen LogP contribution in [0.25, 0.3) is 0 Å². The molecule has 0 saturated heterocycles. The van der Waals surface area contributed by atoms with Crippen molar-refractivity contribution in [3.05, 3.63) is 64.9 Å². The number of hydrogen-bond donors (Lipinski definition) is 1. The molecule has 0 amide bonds. The van der Waals surface area contributed by atoms with Crippen molar-refractivity contribution in [2.24, 2.45) is 0 Å². The summed E-state index contributed by atoms with van der Waals surface area (Å²) in [5.74, 6) is 0.125. The van der Waals surface area contributed by atoms with Crippen LogP contribution in [0.3, 0.4) is 0 Å². The SMILES string of the molecule is Cc1cc(O)ccc1[N+]([O-])=C(Cl)c1ccccc1. The fourth-order valence-electron chi connectivity index (χ4n) is 1.67. The van der Waals surface area contributed by atoms with E-state index in [9.17, 15) is 10.3 Å². The summed E-state index contributed by atoms with van der Waals surface area (Å²) in [7, 11) is 0. The zero-order valence-corrected chi connectivity index (χ0v) is 10.6. The molecule has 4 heteroatoms. The van der Waals surface area contributed by atoms with Crippen LogP contribution in [0, 0.1) is 12.1 Å². The van der Waals surface area contributed by atoms with E-state index in [1.165, 1.54) is 12.1 Å². The Morgan fingerprint density at radius 3 is 2.44 bits per heavy atom. The second-order valence-corrected chi connectivity index (χ2v) is 4.28. The first-order valence-electron chi connectivity index (χ1n) is 5.44. The van der Waals surface area contributed by atoms with Crippen molar-refractivity contribution in [3.8, 4) is 5.75 Å². The largest absolute Gasteiger partial charge is 0.617 e. The van der Waals surface area contributed by atoms with E-state index in [4.69, 9.17) is 11.6 Å².